The summed E-state index contributed by atoms with van der Waals surface area (Å²) in [6.07, 6.45) is 0. The van der Waals surface area contributed by atoms with Crippen molar-refractivity contribution in [2.24, 2.45) is 10.2 Å². The molecule has 1 aromatic heterocycles. The number of para-hydroxylation sites is 1. The molecule has 0 unspecified atom stereocenters. The summed E-state index contributed by atoms with van der Waals surface area (Å²) in [5.41, 5.74) is 1.60. The number of nitrogens with one attached hydrogen (secondary N) is 2. The van der Waals surface area contributed by atoms with Crippen LogP contribution in [-0.2, 0) is 0 Å². The van der Waals surface area contributed by atoms with Crippen LogP contribution in [0.2, 0.25) is 5.02 Å². The summed E-state index contributed by atoms with van der Waals surface area (Å²) in [6.45, 7) is 0. The van der Waals surface area contributed by atoms with Crippen LogP contribution < -0.4 is 10.3 Å². The van der Waals surface area contributed by atoms with Gasteiger partial charge in [-0.3, -0.25) is 15.0 Å². The second kappa shape index (κ2) is 6.50. The highest BCUT2D eigenvalue weighted by molar-refractivity contribution is 6.30. The maximum atomic E-state index is 12.0. The molecule has 7 heteroatoms. The third-order valence-electron chi connectivity index (χ3n) is 3.20. The van der Waals surface area contributed by atoms with Crippen LogP contribution in [0.15, 0.2) is 63.6 Å². The monoisotopic (exact) mass is 328 g/mol. The highest BCUT2D eigenvalue weighted by Crippen LogP contribution is 2.33. The van der Waals surface area contributed by atoms with Crippen molar-refractivity contribution in [2.45, 2.75) is 0 Å². The van der Waals surface area contributed by atoms with E-state index < -0.39 is 0 Å². The SMILES string of the molecule is COc1ccccc1-c1[nH][nH]c(=O)c1N=Nc1cccc(Cl)c1. The van der Waals surface area contributed by atoms with Crippen LogP contribution in [0.1, 0.15) is 0 Å². The molecule has 1 heterocycles. The van der Waals surface area contributed by atoms with Gasteiger partial charge in [0.1, 0.15) is 5.75 Å². The van der Waals surface area contributed by atoms with Gasteiger partial charge in [-0.2, -0.15) is 5.11 Å². The molecule has 0 aliphatic carbocycles. The molecule has 0 atom stereocenters. The largest absolute Gasteiger partial charge is 0.496 e. The van der Waals surface area contributed by atoms with Gasteiger partial charge in [-0.1, -0.05) is 29.8 Å². The van der Waals surface area contributed by atoms with Crippen LogP contribution in [0, 0.1) is 0 Å². The average Bonchev–Trinajstić information content (AvgIpc) is 2.93. The first-order valence-electron chi connectivity index (χ1n) is 6.80. The third-order valence-corrected chi connectivity index (χ3v) is 3.44. The van der Waals surface area contributed by atoms with Gasteiger partial charge in [0.25, 0.3) is 5.56 Å². The molecule has 6 nitrogen and oxygen atoms in total. The third kappa shape index (κ3) is 3.17. The summed E-state index contributed by atoms with van der Waals surface area (Å²) in [4.78, 5) is 12.0. The zero-order chi connectivity index (χ0) is 16.2. The summed E-state index contributed by atoms with van der Waals surface area (Å²) in [6, 6.07) is 14.2. The lowest BCUT2D eigenvalue weighted by atomic mass is 10.1. The number of aromatic nitrogens is 2. The van der Waals surface area contributed by atoms with Crippen molar-refractivity contribution in [1.82, 2.24) is 10.2 Å². The van der Waals surface area contributed by atoms with E-state index >= 15 is 0 Å². The Morgan fingerprint density at radius 1 is 1.04 bits per heavy atom. The van der Waals surface area contributed by atoms with E-state index in [1.54, 1.807) is 37.4 Å². The minimum absolute atomic E-state index is 0.175. The fourth-order valence-corrected chi connectivity index (χ4v) is 2.32. The number of methoxy groups -OCH3 is 1. The van der Waals surface area contributed by atoms with Gasteiger partial charge in [0.2, 0.25) is 0 Å². The number of ether oxygens (including phenoxy) is 1. The van der Waals surface area contributed by atoms with Gasteiger partial charge < -0.3 is 4.74 Å². The molecule has 3 rings (SSSR count). The molecule has 0 fully saturated rings. The Kier molecular flexibility index (Phi) is 4.25. The van der Waals surface area contributed by atoms with E-state index in [9.17, 15) is 4.79 Å². The van der Waals surface area contributed by atoms with Crippen LogP contribution in [0.4, 0.5) is 11.4 Å². The summed E-state index contributed by atoms with van der Waals surface area (Å²) in [5.74, 6) is 0.627. The number of azo groups is 1. The predicted molar refractivity (Wildman–Crippen MR) is 89.0 cm³/mol. The first-order valence-corrected chi connectivity index (χ1v) is 7.18. The van der Waals surface area contributed by atoms with Crippen molar-refractivity contribution in [1.29, 1.82) is 0 Å². The Labute approximate surface area is 136 Å². The van der Waals surface area contributed by atoms with Crippen molar-refractivity contribution in [2.75, 3.05) is 7.11 Å². The summed E-state index contributed by atoms with van der Waals surface area (Å²) >= 11 is 5.91. The second-order valence-electron chi connectivity index (χ2n) is 4.68. The molecule has 0 aliphatic rings. The number of H-pyrrole nitrogens is 2. The summed E-state index contributed by atoms with van der Waals surface area (Å²) < 4.78 is 5.32. The van der Waals surface area contributed by atoms with Gasteiger partial charge in [0, 0.05) is 10.6 Å². The van der Waals surface area contributed by atoms with Gasteiger partial charge >= 0.3 is 0 Å². The molecule has 0 bridgehead atoms. The number of aromatic amines is 2. The highest BCUT2D eigenvalue weighted by atomic mass is 35.5. The number of nitrogens with zero attached hydrogens (tertiary/aromatic N) is 2. The van der Waals surface area contributed by atoms with Crippen LogP contribution in [-0.4, -0.2) is 17.3 Å². The molecule has 116 valence electrons. The van der Waals surface area contributed by atoms with E-state index in [2.05, 4.69) is 20.4 Å². The number of benzene rings is 2. The van der Waals surface area contributed by atoms with Crippen LogP contribution >= 0.6 is 11.6 Å². The smallest absolute Gasteiger partial charge is 0.292 e. The molecule has 2 aromatic carbocycles. The van der Waals surface area contributed by atoms with E-state index in [-0.39, 0.29) is 11.2 Å². The molecule has 0 saturated carbocycles. The van der Waals surface area contributed by atoms with Gasteiger partial charge in [0.15, 0.2) is 5.69 Å². The number of hydrogen-bond donors (Lipinski definition) is 2. The number of halogens is 1. The van der Waals surface area contributed by atoms with Crippen molar-refractivity contribution >= 4 is 23.0 Å². The molecule has 0 amide bonds. The second-order valence-corrected chi connectivity index (χ2v) is 5.12. The molecule has 0 spiro atoms. The van der Waals surface area contributed by atoms with Gasteiger partial charge in [-0.25, -0.2) is 0 Å². The van der Waals surface area contributed by atoms with E-state index in [0.717, 1.165) is 0 Å². The standard InChI is InChI=1S/C16H13ClN4O2/c1-23-13-8-3-2-7-12(13)14-15(16(22)21-19-14)20-18-11-6-4-5-10(17)9-11/h2-9H,1H3,(H2,19,21,22). The molecule has 2 N–H and O–H groups in total. The fourth-order valence-electron chi connectivity index (χ4n) is 2.14. The lowest BCUT2D eigenvalue weighted by Gasteiger charge is -2.06. The van der Waals surface area contributed by atoms with Crippen molar-refractivity contribution < 1.29 is 4.74 Å². The Morgan fingerprint density at radius 2 is 1.87 bits per heavy atom. The van der Waals surface area contributed by atoms with Gasteiger partial charge in [-0.15, -0.1) is 5.11 Å². The Morgan fingerprint density at radius 3 is 2.65 bits per heavy atom. The summed E-state index contributed by atoms with van der Waals surface area (Å²) in [7, 11) is 1.57. The molecule has 0 saturated heterocycles. The fraction of sp³-hybridized carbons (Fsp3) is 0.0625. The van der Waals surface area contributed by atoms with Gasteiger partial charge in [-0.05, 0) is 30.3 Å². The van der Waals surface area contributed by atoms with Crippen LogP contribution in [0.5, 0.6) is 5.75 Å². The van der Waals surface area contributed by atoms with E-state index in [1.165, 1.54) is 0 Å². The van der Waals surface area contributed by atoms with E-state index in [0.29, 0.717) is 27.7 Å². The zero-order valence-electron chi connectivity index (χ0n) is 12.2. The Hall–Kier alpha value is -2.86. The Balaban J connectivity index is 2.04. The van der Waals surface area contributed by atoms with E-state index in [4.69, 9.17) is 16.3 Å². The minimum atomic E-state index is -0.364. The lowest BCUT2D eigenvalue weighted by molar-refractivity contribution is 0.416. The lowest BCUT2D eigenvalue weighted by Crippen LogP contribution is -1.96. The zero-order valence-corrected chi connectivity index (χ0v) is 13.0. The van der Waals surface area contributed by atoms with Crippen LogP contribution in [0.25, 0.3) is 11.3 Å². The molecule has 23 heavy (non-hydrogen) atoms. The molecule has 0 aliphatic heterocycles. The number of rotatable bonds is 4. The summed E-state index contributed by atoms with van der Waals surface area (Å²) in [5, 5.41) is 14.0. The predicted octanol–water partition coefficient (Wildman–Crippen LogP) is 4.45. The first kappa shape index (κ1) is 15.1. The first-order chi connectivity index (χ1) is 11.2. The van der Waals surface area contributed by atoms with Crippen molar-refractivity contribution in [3.63, 3.8) is 0 Å². The van der Waals surface area contributed by atoms with Crippen molar-refractivity contribution in [3.8, 4) is 17.0 Å². The normalized spacial score (nSPS) is 11.0. The molecular formula is C16H13ClN4O2. The number of hydrogen-bond acceptors (Lipinski definition) is 4. The minimum Gasteiger partial charge on any atom is -0.496 e. The van der Waals surface area contributed by atoms with E-state index in [1.807, 2.05) is 18.2 Å². The maximum absolute atomic E-state index is 12.0. The highest BCUT2D eigenvalue weighted by Gasteiger charge is 2.15. The Bertz CT molecular complexity index is 914. The van der Waals surface area contributed by atoms with Crippen LogP contribution in [0.3, 0.4) is 0 Å². The molecule has 3 aromatic rings. The average molecular weight is 329 g/mol. The molecule has 0 radical (unpaired) electrons. The quantitative estimate of drug-likeness (QED) is 0.694. The molecular weight excluding hydrogens is 316 g/mol. The maximum Gasteiger partial charge on any atom is 0.292 e. The topological polar surface area (TPSA) is 82.6 Å². The van der Waals surface area contributed by atoms with Crippen molar-refractivity contribution in [3.05, 3.63) is 63.9 Å². The van der Waals surface area contributed by atoms with Gasteiger partial charge in [0.05, 0.1) is 18.5 Å².